The largest absolute Gasteiger partial charge is 1.00 e. The fourth-order valence-corrected chi connectivity index (χ4v) is 1.06. The molecule has 0 spiro atoms. The average Bonchev–Trinajstić information content (AvgIpc) is 1.72. The molecule has 1 aliphatic rings. The standard InChI is InChI=1S/C6H12.3Li.3H/c1-2-4-6-5-3-1;;;;;;/h1-6H2;;;;;;/q;3*+1;3*-1. The second-order valence-electron chi connectivity index (χ2n) is 2.12. The van der Waals surface area contributed by atoms with Crippen LogP contribution < -0.4 is 56.6 Å². The Bertz CT molecular complexity index is 33.5. The summed E-state index contributed by atoms with van der Waals surface area (Å²) in [4.78, 5) is 0. The van der Waals surface area contributed by atoms with Crippen LogP contribution in [-0.2, 0) is 0 Å². The van der Waals surface area contributed by atoms with Crippen LogP contribution in [0, 0.1) is 0 Å². The third-order valence-corrected chi connectivity index (χ3v) is 1.50. The van der Waals surface area contributed by atoms with E-state index in [1.807, 2.05) is 0 Å². The first kappa shape index (κ1) is 17.0. The topological polar surface area (TPSA) is 0 Å². The van der Waals surface area contributed by atoms with Gasteiger partial charge in [-0.05, 0) is 0 Å². The third-order valence-electron chi connectivity index (χ3n) is 1.50. The van der Waals surface area contributed by atoms with Crippen LogP contribution in [0.4, 0.5) is 0 Å². The van der Waals surface area contributed by atoms with Crippen LogP contribution in [0.2, 0.25) is 0 Å². The first-order valence-electron chi connectivity index (χ1n) is 3.00. The fraction of sp³-hybridized carbons (Fsp3) is 1.00. The van der Waals surface area contributed by atoms with E-state index in [2.05, 4.69) is 0 Å². The zero-order valence-electron chi connectivity index (χ0n) is 10.2. The summed E-state index contributed by atoms with van der Waals surface area (Å²) in [6.45, 7) is 0. The van der Waals surface area contributed by atoms with E-state index in [4.69, 9.17) is 0 Å². The Balaban J connectivity index is -0.0000000150. The minimum atomic E-state index is 0. The molecule has 1 fully saturated rings. The van der Waals surface area contributed by atoms with Crippen LogP contribution in [0.1, 0.15) is 42.8 Å². The number of rotatable bonds is 0. The molecule has 0 saturated heterocycles. The van der Waals surface area contributed by atoms with Gasteiger partial charge < -0.3 is 4.28 Å². The second kappa shape index (κ2) is 12.5. The SMILES string of the molecule is C1CCCCC1.[H-].[H-].[H-].[Li+].[Li+].[Li+]. The van der Waals surface area contributed by atoms with Crippen molar-refractivity contribution in [2.75, 3.05) is 0 Å². The van der Waals surface area contributed by atoms with E-state index in [1.54, 1.807) is 0 Å². The molecule has 1 rings (SSSR count). The van der Waals surface area contributed by atoms with Gasteiger partial charge in [0.25, 0.3) is 0 Å². The maximum Gasteiger partial charge on any atom is 1.00 e. The van der Waals surface area contributed by atoms with Crippen LogP contribution >= 0.6 is 0 Å². The molecule has 42 valence electrons. The summed E-state index contributed by atoms with van der Waals surface area (Å²) in [5.74, 6) is 0. The van der Waals surface area contributed by atoms with Gasteiger partial charge in [0, 0.05) is 0 Å². The van der Waals surface area contributed by atoms with E-state index in [-0.39, 0.29) is 60.9 Å². The Morgan fingerprint density at radius 3 is 0.667 bits per heavy atom. The maximum atomic E-state index is 1.50. The van der Waals surface area contributed by atoms with Crippen molar-refractivity contribution in [2.45, 2.75) is 38.5 Å². The Kier molecular flexibility index (Phi) is 23.6. The predicted molar refractivity (Wildman–Crippen MR) is 31.0 cm³/mol. The van der Waals surface area contributed by atoms with Crippen molar-refractivity contribution >= 4 is 0 Å². The summed E-state index contributed by atoms with van der Waals surface area (Å²) < 4.78 is 0. The van der Waals surface area contributed by atoms with Crippen molar-refractivity contribution < 1.29 is 60.9 Å². The molecule has 0 heterocycles. The quantitative estimate of drug-likeness (QED) is 0.271. The van der Waals surface area contributed by atoms with Gasteiger partial charge in [-0.15, -0.1) is 0 Å². The van der Waals surface area contributed by atoms with Gasteiger partial charge in [-0.1, -0.05) is 38.5 Å². The molecule has 0 aromatic carbocycles. The smallest absolute Gasteiger partial charge is 1.00 e. The first-order chi connectivity index (χ1) is 3.00. The summed E-state index contributed by atoms with van der Waals surface area (Å²) in [7, 11) is 0. The van der Waals surface area contributed by atoms with Crippen LogP contribution in [-0.4, -0.2) is 0 Å². The zero-order valence-corrected chi connectivity index (χ0v) is 7.24. The molecule has 0 unspecified atom stereocenters. The van der Waals surface area contributed by atoms with Gasteiger partial charge >= 0.3 is 56.6 Å². The monoisotopic (exact) mass is 108 g/mol. The normalized spacial score (nSPS) is 16.0. The van der Waals surface area contributed by atoms with Crippen molar-refractivity contribution in [3.8, 4) is 0 Å². The van der Waals surface area contributed by atoms with Gasteiger partial charge in [0.15, 0.2) is 0 Å². The Hall–Kier alpha value is 1.79. The van der Waals surface area contributed by atoms with Crippen LogP contribution in [0.25, 0.3) is 0 Å². The molecule has 0 nitrogen and oxygen atoms in total. The van der Waals surface area contributed by atoms with E-state index in [0.717, 1.165) is 0 Å². The van der Waals surface area contributed by atoms with Gasteiger partial charge in [0.1, 0.15) is 0 Å². The molecule has 0 aromatic heterocycles. The fourth-order valence-electron chi connectivity index (χ4n) is 1.06. The molecule has 0 aromatic rings. The molecule has 0 aliphatic heterocycles. The molecule has 1 aliphatic carbocycles. The Morgan fingerprint density at radius 2 is 0.556 bits per heavy atom. The summed E-state index contributed by atoms with van der Waals surface area (Å²) in [5.41, 5.74) is 0. The van der Waals surface area contributed by atoms with Crippen molar-refractivity contribution in [3.05, 3.63) is 0 Å². The average molecular weight is 108 g/mol. The molecule has 0 radical (unpaired) electrons. The van der Waals surface area contributed by atoms with Gasteiger partial charge in [-0.3, -0.25) is 0 Å². The molecule has 0 N–H and O–H groups in total. The van der Waals surface area contributed by atoms with Crippen LogP contribution in [0.3, 0.4) is 0 Å². The molecule has 3 heteroatoms. The molecule has 0 atom stereocenters. The van der Waals surface area contributed by atoms with Crippen molar-refractivity contribution in [1.82, 2.24) is 0 Å². The summed E-state index contributed by atoms with van der Waals surface area (Å²) in [6.07, 6.45) is 9.00. The van der Waals surface area contributed by atoms with Crippen molar-refractivity contribution in [2.24, 2.45) is 0 Å². The zero-order chi connectivity index (χ0) is 4.24. The second-order valence-corrected chi connectivity index (χ2v) is 2.12. The molecule has 0 amide bonds. The molecule has 1 saturated carbocycles. The van der Waals surface area contributed by atoms with E-state index in [1.165, 1.54) is 38.5 Å². The van der Waals surface area contributed by atoms with Gasteiger partial charge in [-0.25, -0.2) is 0 Å². The number of hydrogen-bond donors (Lipinski definition) is 0. The predicted octanol–water partition coefficient (Wildman–Crippen LogP) is -6.31. The summed E-state index contributed by atoms with van der Waals surface area (Å²) >= 11 is 0. The molecular formula is C6H15Li3. The first-order valence-corrected chi connectivity index (χ1v) is 3.00. The van der Waals surface area contributed by atoms with E-state index < -0.39 is 0 Å². The summed E-state index contributed by atoms with van der Waals surface area (Å²) in [6, 6.07) is 0. The maximum absolute atomic E-state index is 1.50. The van der Waals surface area contributed by atoms with Gasteiger partial charge in [0.2, 0.25) is 0 Å². The summed E-state index contributed by atoms with van der Waals surface area (Å²) in [5, 5.41) is 0. The third kappa shape index (κ3) is 9.79. The van der Waals surface area contributed by atoms with E-state index in [0.29, 0.717) is 0 Å². The Morgan fingerprint density at radius 1 is 0.444 bits per heavy atom. The minimum absolute atomic E-state index is 0. The molecular weight excluding hydrogens is 92.9 g/mol. The van der Waals surface area contributed by atoms with Crippen LogP contribution in [0.5, 0.6) is 0 Å². The van der Waals surface area contributed by atoms with Gasteiger partial charge in [-0.2, -0.15) is 0 Å². The molecule has 0 bridgehead atoms. The van der Waals surface area contributed by atoms with Crippen molar-refractivity contribution in [1.29, 1.82) is 0 Å². The Labute approximate surface area is 98.9 Å². The minimum Gasteiger partial charge on any atom is -1.00 e. The van der Waals surface area contributed by atoms with E-state index in [9.17, 15) is 0 Å². The van der Waals surface area contributed by atoms with Crippen molar-refractivity contribution in [3.63, 3.8) is 0 Å². The molecule has 9 heavy (non-hydrogen) atoms. The number of hydrogen-bond acceptors (Lipinski definition) is 0. The van der Waals surface area contributed by atoms with Gasteiger partial charge in [0.05, 0.1) is 0 Å². The van der Waals surface area contributed by atoms with E-state index >= 15 is 0 Å². The van der Waals surface area contributed by atoms with Crippen LogP contribution in [0.15, 0.2) is 0 Å².